The minimum absolute atomic E-state index is 0.126. The molecule has 0 aromatic heterocycles. The molecule has 0 unspecified atom stereocenters. The van der Waals surface area contributed by atoms with Crippen molar-refractivity contribution in [1.29, 1.82) is 0 Å². The quantitative estimate of drug-likeness (QED) is 0.743. The van der Waals surface area contributed by atoms with Crippen molar-refractivity contribution < 1.29 is 24.6 Å². The minimum atomic E-state index is -2.46. The SMILES string of the molecule is CN(CCc1ccccc1)C(=O)[S@]1(CO)[C@@H]2CC(=O)N2[C@@H](C(=O)O)C1(C)C. The van der Waals surface area contributed by atoms with Crippen LogP contribution in [0.5, 0.6) is 0 Å². The van der Waals surface area contributed by atoms with Gasteiger partial charge < -0.3 is 20.0 Å². The zero-order chi connectivity index (χ0) is 20.0. The van der Waals surface area contributed by atoms with Gasteiger partial charge in [-0.05, 0) is 25.8 Å². The average molecular weight is 394 g/mol. The maximum absolute atomic E-state index is 13.5. The Bertz CT molecular complexity index is 769. The van der Waals surface area contributed by atoms with Gasteiger partial charge in [-0.15, -0.1) is 10.0 Å². The smallest absolute Gasteiger partial charge is 0.327 e. The first kappa shape index (κ1) is 19.7. The molecule has 148 valence electrons. The normalized spacial score (nSPS) is 28.4. The Balaban J connectivity index is 1.88. The summed E-state index contributed by atoms with van der Waals surface area (Å²) in [5, 5.41) is 19.3. The molecule has 2 aliphatic rings. The molecule has 2 fully saturated rings. The molecular weight excluding hydrogens is 368 g/mol. The molecule has 7 nitrogen and oxygen atoms in total. The Morgan fingerprint density at radius 1 is 1.30 bits per heavy atom. The second kappa shape index (κ2) is 6.83. The molecule has 0 spiro atoms. The van der Waals surface area contributed by atoms with Gasteiger partial charge in [0.25, 0.3) is 5.24 Å². The number of nitrogens with zero attached hydrogens (tertiary/aromatic N) is 2. The van der Waals surface area contributed by atoms with Crippen LogP contribution in [0.1, 0.15) is 25.8 Å². The molecule has 27 heavy (non-hydrogen) atoms. The van der Waals surface area contributed by atoms with Gasteiger partial charge >= 0.3 is 5.97 Å². The number of aliphatic hydroxyl groups excluding tert-OH is 1. The predicted molar refractivity (Wildman–Crippen MR) is 104 cm³/mol. The van der Waals surface area contributed by atoms with Gasteiger partial charge in [0.05, 0.1) is 17.7 Å². The second-order valence-electron chi connectivity index (χ2n) is 7.65. The highest BCUT2D eigenvalue weighted by Crippen LogP contribution is 2.74. The van der Waals surface area contributed by atoms with Crippen LogP contribution in [0.2, 0.25) is 0 Å². The van der Waals surface area contributed by atoms with Crippen molar-refractivity contribution in [2.24, 2.45) is 0 Å². The number of hydrogen-bond acceptors (Lipinski definition) is 4. The standard InChI is InChI=1S/C19H26N2O5S/c1-19(2)16(17(24)25)21-14(23)11-15(21)27(19,12-22)18(26)20(3)10-9-13-7-5-4-6-8-13/h4-8,15-16,22H,9-12H2,1-3H3,(H,24,25)/t15-,16+/m1/s1. The molecule has 2 N–H and O–H groups in total. The van der Waals surface area contributed by atoms with Gasteiger partial charge in [-0.2, -0.15) is 0 Å². The summed E-state index contributed by atoms with van der Waals surface area (Å²) >= 11 is 0. The van der Waals surface area contributed by atoms with Crippen LogP contribution in [0.3, 0.4) is 0 Å². The number of carboxylic acid groups (broad SMARTS) is 1. The molecule has 1 aromatic rings. The minimum Gasteiger partial charge on any atom is -0.480 e. The average Bonchev–Trinajstić information content (AvgIpc) is 2.80. The molecule has 0 saturated carbocycles. The highest BCUT2D eigenvalue weighted by Gasteiger charge is 2.71. The molecule has 2 aliphatic heterocycles. The molecule has 3 rings (SSSR count). The monoisotopic (exact) mass is 394 g/mol. The van der Waals surface area contributed by atoms with Crippen molar-refractivity contribution in [2.75, 3.05) is 19.5 Å². The number of β-lactam (4-membered cyclic amide) rings is 1. The topological polar surface area (TPSA) is 98.2 Å². The summed E-state index contributed by atoms with van der Waals surface area (Å²) in [5.41, 5.74) is 1.10. The largest absolute Gasteiger partial charge is 0.480 e. The number of rotatable bonds is 5. The van der Waals surface area contributed by atoms with Gasteiger partial charge in [-0.25, -0.2) is 4.79 Å². The second-order valence-corrected chi connectivity index (χ2v) is 11.4. The molecule has 8 heteroatoms. The van der Waals surface area contributed by atoms with E-state index in [0.29, 0.717) is 13.0 Å². The molecular formula is C19H26N2O5S. The maximum Gasteiger partial charge on any atom is 0.327 e. The van der Waals surface area contributed by atoms with Crippen LogP contribution in [0.4, 0.5) is 4.79 Å². The van der Waals surface area contributed by atoms with E-state index in [2.05, 4.69) is 0 Å². The number of aliphatic carboxylic acids is 1. The van der Waals surface area contributed by atoms with E-state index in [1.165, 1.54) is 4.90 Å². The predicted octanol–water partition coefficient (Wildman–Crippen LogP) is 1.84. The van der Waals surface area contributed by atoms with Crippen LogP contribution in [0.15, 0.2) is 30.3 Å². The van der Waals surface area contributed by atoms with Crippen LogP contribution in [0.25, 0.3) is 0 Å². The Morgan fingerprint density at radius 2 is 1.93 bits per heavy atom. The van der Waals surface area contributed by atoms with Crippen LogP contribution in [-0.2, 0) is 16.0 Å². The number of amides is 2. The lowest BCUT2D eigenvalue weighted by Crippen LogP contribution is -2.57. The number of carbonyl (C=O) groups excluding carboxylic acids is 2. The van der Waals surface area contributed by atoms with Crippen LogP contribution < -0.4 is 0 Å². The Kier molecular flexibility index (Phi) is 4.98. The van der Waals surface area contributed by atoms with E-state index >= 15 is 0 Å². The summed E-state index contributed by atoms with van der Waals surface area (Å²) in [6.45, 7) is 3.86. The van der Waals surface area contributed by atoms with E-state index in [0.717, 1.165) is 5.56 Å². The van der Waals surface area contributed by atoms with Crippen LogP contribution >= 0.6 is 10.0 Å². The van der Waals surface area contributed by atoms with Crippen molar-refractivity contribution in [3.8, 4) is 0 Å². The van der Waals surface area contributed by atoms with Crippen molar-refractivity contribution in [2.45, 2.75) is 42.9 Å². The van der Waals surface area contributed by atoms with E-state index in [4.69, 9.17) is 0 Å². The van der Waals surface area contributed by atoms with E-state index in [-0.39, 0.29) is 17.6 Å². The summed E-state index contributed by atoms with van der Waals surface area (Å²) in [4.78, 5) is 40.3. The van der Waals surface area contributed by atoms with Gasteiger partial charge in [-0.3, -0.25) is 9.59 Å². The molecule has 0 radical (unpaired) electrons. The summed E-state index contributed by atoms with van der Waals surface area (Å²) in [6, 6.07) is 8.69. The van der Waals surface area contributed by atoms with Crippen LogP contribution in [0, 0.1) is 0 Å². The van der Waals surface area contributed by atoms with Crippen molar-refractivity contribution in [3.05, 3.63) is 35.9 Å². The van der Waals surface area contributed by atoms with E-state index in [9.17, 15) is 24.6 Å². The number of carboxylic acids is 1. The highest BCUT2D eigenvalue weighted by molar-refractivity contribution is 8.46. The first-order valence-corrected chi connectivity index (χ1v) is 10.8. The Hall–Kier alpha value is -2.06. The number of hydrogen-bond donors (Lipinski definition) is 2. The lowest BCUT2D eigenvalue weighted by Gasteiger charge is -2.50. The van der Waals surface area contributed by atoms with Crippen LogP contribution in [-0.4, -0.2) is 72.8 Å². The van der Waals surface area contributed by atoms with E-state index in [1.54, 1.807) is 25.8 Å². The first-order valence-electron chi connectivity index (χ1n) is 8.92. The number of likely N-dealkylation sites (N-methyl/N-ethyl adjacent to an activating group) is 1. The third-order valence-electron chi connectivity index (χ3n) is 5.93. The molecule has 1 aromatic carbocycles. The maximum atomic E-state index is 13.5. The van der Waals surface area contributed by atoms with E-state index < -0.39 is 38.1 Å². The summed E-state index contributed by atoms with van der Waals surface area (Å²) < 4.78 is -1.01. The highest BCUT2D eigenvalue weighted by atomic mass is 32.3. The van der Waals surface area contributed by atoms with Gasteiger partial charge in [0.15, 0.2) is 0 Å². The summed E-state index contributed by atoms with van der Waals surface area (Å²) in [7, 11) is -0.776. The fraction of sp³-hybridized carbons (Fsp3) is 0.526. The molecule has 2 saturated heterocycles. The number of benzene rings is 1. The van der Waals surface area contributed by atoms with Crippen molar-refractivity contribution >= 4 is 27.1 Å². The zero-order valence-corrected chi connectivity index (χ0v) is 16.6. The Labute approximate surface area is 160 Å². The van der Waals surface area contributed by atoms with Crippen molar-refractivity contribution in [3.63, 3.8) is 0 Å². The molecule has 3 atom stereocenters. The third-order valence-corrected chi connectivity index (χ3v) is 10.7. The van der Waals surface area contributed by atoms with Gasteiger partial charge in [-0.1, -0.05) is 30.3 Å². The van der Waals surface area contributed by atoms with E-state index in [1.807, 2.05) is 30.3 Å². The molecule has 2 amide bonds. The lowest BCUT2D eigenvalue weighted by molar-refractivity contribution is -0.157. The Morgan fingerprint density at radius 3 is 2.41 bits per heavy atom. The zero-order valence-electron chi connectivity index (χ0n) is 15.8. The number of carbonyl (C=O) groups is 3. The summed E-state index contributed by atoms with van der Waals surface area (Å²) in [5.74, 6) is -1.80. The summed E-state index contributed by atoms with van der Waals surface area (Å²) in [6.07, 6.45) is 0.793. The fourth-order valence-electron chi connectivity index (χ4n) is 4.31. The molecule has 0 bridgehead atoms. The molecule has 2 heterocycles. The molecule has 0 aliphatic carbocycles. The van der Waals surface area contributed by atoms with Crippen molar-refractivity contribution in [1.82, 2.24) is 9.80 Å². The fourth-order valence-corrected chi connectivity index (χ4v) is 8.62. The van der Waals surface area contributed by atoms with Gasteiger partial charge in [0.1, 0.15) is 6.04 Å². The van der Waals surface area contributed by atoms with Gasteiger partial charge in [0, 0.05) is 18.3 Å². The number of aliphatic hydroxyl groups is 1. The lowest BCUT2D eigenvalue weighted by atomic mass is 9.98. The third kappa shape index (κ3) is 2.73. The van der Waals surface area contributed by atoms with Gasteiger partial charge in [0.2, 0.25) is 5.91 Å². The first-order chi connectivity index (χ1) is 12.7. The number of fused-ring (bicyclic) bond motifs is 1.